The van der Waals surface area contributed by atoms with Gasteiger partial charge in [-0.25, -0.2) is 14.4 Å². The smallest absolute Gasteiger partial charge is 0.250 e. The molecule has 3 aromatic rings. The van der Waals surface area contributed by atoms with Crippen LogP contribution < -0.4 is 10.2 Å². The molecule has 1 aromatic carbocycles. The number of aryl methyl sites for hydroxylation is 1. The molecule has 9 heteroatoms. The standard InChI is InChI=1S/C18H15FN4O2S2/c1-11-9-26-17(20-11)22-16(25)8-7-13-10-27-18(21-13)23(12(2)24)15-6-4-3-5-14(15)19/h3-10H,1-2H3,(H,20,22,25). The number of rotatable bonds is 5. The highest BCUT2D eigenvalue weighted by atomic mass is 32.1. The van der Waals surface area contributed by atoms with Gasteiger partial charge in [0.05, 0.1) is 17.1 Å². The van der Waals surface area contributed by atoms with Crippen LogP contribution in [-0.4, -0.2) is 21.8 Å². The van der Waals surface area contributed by atoms with Crippen LogP contribution >= 0.6 is 22.7 Å². The highest BCUT2D eigenvalue weighted by molar-refractivity contribution is 7.14. The molecule has 0 bridgehead atoms. The normalized spacial score (nSPS) is 10.9. The minimum atomic E-state index is -0.516. The number of hydrogen-bond acceptors (Lipinski definition) is 6. The second kappa shape index (κ2) is 8.19. The summed E-state index contributed by atoms with van der Waals surface area (Å²) >= 11 is 2.52. The van der Waals surface area contributed by atoms with Gasteiger partial charge in [-0.1, -0.05) is 12.1 Å². The summed E-state index contributed by atoms with van der Waals surface area (Å²) in [6, 6.07) is 5.99. The van der Waals surface area contributed by atoms with E-state index >= 15 is 0 Å². The van der Waals surface area contributed by atoms with Gasteiger partial charge in [-0.15, -0.1) is 22.7 Å². The molecule has 2 amide bonds. The highest BCUT2D eigenvalue weighted by Gasteiger charge is 2.20. The number of halogens is 1. The Labute approximate surface area is 163 Å². The maximum Gasteiger partial charge on any atom is 0.250 e. The van der Waals surface area contributed by atoms with Gasteiger partial charge in [-0.2, -0.15) is 0 Å². The Morgan fingerprint density at radius 2 is 1.96 bits per heavy atom. The van der Waals surface area contributed by atoms with Crippen molar-refractivity contribution in [1.29, 1.82) is 0 Å². The van der Waals surface area contributed by atoms with Gasteiger partial charge < -0.3 is 0 Å². The van der Waals surface area contributed by atoms with Crippen molar-refractivity contribution in [2.75, 3.05) is 10.2 Å². The number of hydrogen-bond donors (Lipinski definition) is 1. The van der Waals surface area contributed by atoms with Crippen molar-refractivity contribution < 1.29 is 14.0 Å². The molecule has 0 radical (unpaired) electrons. The molecule has 1 N–H and O–H groups in total. The number of nitrogens with zero attached hydrogens (tertiary/aromatic N) is 3. The zero-order valence-electron chi connectivity index (χ0n) is 14.5. The van der Waals surface area contributed by atoms with E-state index in [1.54, 1.807) is 17.5 Å². The van der Waals surface area contributed by atoms with Crippen molar-refractivity contribution in [2.24, 2.45) is 0 Å². The molecular formula is C18H15FN4O2S2. The SMILES string of the molecule is CC(=O)N(c1nc(C=CC(=O)Nc2nc(C)cs2)cs1)c1ccccc1F. The molecule has 0 aliphatic rings. The van der Waals surface area contributed by atoms with Crippen LogP contribution in [0, 0.1) is 12.7 Å². The molecule has 27 heavy (non-hydrogen) atoms. The molecule has 3 rings (SSSR count). The molecule has 0 saturated carbocycles. The fourth-order valence-corrected chi connectivity index (χ4v) is 3.75. The summed E-state index contributed by atoms with van der Waals surface area (Å²) in [7, 11) is 0. The molecular weight excluding hydrogens is 387 g/mol. The van der Waals surface area contributed by atoms with E-state index in [1.165, 1.54) is 58.8 Å². The summed E-state index contributed by atoms with van der Waals surface area (Å²) in [5.74, 6) is -1.21. The summed E-state index contributed by atoms with van der Waals surface area (Å²) in [6.07, 6.45) is 2.85. The van der Waals surface area contributed by atoms with E-state index in [9.17, 15) is 14.0 Å². The Morgan fingerprint density at radius 1 is 1.19 bits per heavy atom. The number of nitrogens with one attached hydrogen (secondary N) is 1. The number of para-hydroxylation sites is 1. The lowest BCUT2D eigenvalue weighted by Crippen LogP contribution is -2.23. The quantitative estimate of drug-likeness (QED) is 0.643. The number of anilines is 3. The molecule has 6 nitrogen and oxygen atoms in total. The van der Waals surface area contributed by atoms with Crippen LogP contribution in [0.3, 0.4) is 0 Å². The van der Waals surface area contributed by atoms with Crippen molar-refractivity contribution in [3.8, 4) is 0 Å². The van der Waals surface area contributed by atoms with Crippen LogP contribution in [-0.2, 0) is 9.59 Å². The molecule has 0 spiro atoms. The first kappa shape index (κ1) is 18.9. The van der Waals surface area contributed by atoms with Crippen LogP contribution in [0.2, 0.25) is 0 Å². The Bertz CT molecular complexity index is 1010. The lowest BCUT2D eigenvalue weighted by molar-refractivity contribution is -0.116. The van der Waals surface area contributed by atoms with Gasteiger partial charge in [-0.05, 0) is 25.1 Å². The van der Waals surface area contributed by atoms with Crippen molar-refractivity contribution in [3.63, 3.8) is 0 Å². The second-order valence-corrected chi connectivity index (χ2v) is 7.17. The van der Waals surface area contributed by atoms with E-state index in [2.05, 4.69) is 15.3 Å². The predicted octanol–water partition coefficient (Wildman–Crippen LogP) is 4.38. The van der Waals surface area contributed by atoms with Crippen LogP contribution in [0.15, 0.2) is 41.1 Å². The number of benzene rings is 1. The molecule has 0 fully saturated rings. The van der Waals surface area contributed by atoms with Crippen molar-refractivity contribution in [2.45, 2.75) is 13.8 Å². The maximum absolute atomic E-state index is 14.1. The third-order valence-corrected chi connectivity index (χ3v) is 5.08. The van der Waals surface area contributed by atoms with Gasteiger partial charge in [0.15, 0.2) is 10.3 Å². The van der Waals surface area contributed by atoms with E-state index in [4.69, 9.17) is 0 Å². The third kappa shape index (κ3) is 4.63. The Kier molecular flexibility index (Phi) is 5.72. The molecule has 0 atom stereocenters. The first-order chi connectivity index (χ1) is 12.9. The average molecular weight is 402 g/mol. The second-order valence-electron chi connectivity index (χ2n) is 5.48. The van der Waals surface area contributed by atoms with Crippen molar-refractivity contribution >= 4 is 56.5 Å². The van der Waals surface area contributed by atoms with Crippen LogP contribution in [0.1, 0.15) is 18.3 Å². The monoisotopic (exact) mass is 402 g/mol. The van der Waals surface area contributed by atoms with Crippen LogP contribution in [0.25, 0.3) is 6.08 Å². The van der Waals surface area contributed by atoms with E-state index in [-0.39, 0.29) is 17.5 Å². The molecule has 0 aliphatic heterocycles. The lowest BCUT2D eigenvalue weighted by Gasteiger charge is -2.18. The Balaban J connectivity index is 1.75. The van der Waals surface area contributed by atoms with Crippen LogP contribution in [0.4, 0.5) is 20.3 Å². The fourth-order valence-electron chi connectivity index (χ4n) is 2.22. The maximum atomic E-state index is 14.1. The zero-order valence-corrected chi connectivity index (χ0v) is 16.1. The first-order valence-electron chi connectivity index (χ1n) is 7.86. The zero-order chi connectivity index (χ0) is 19.4. The summed E-state index contributed by atoms with van der Waals surface area (Å²) in [6.45, 7) is 3.18. The Hall–Kier alpha value is -2.91. The lowest BCUT2D eigenvalue weighted by atomic mass is 10.3. The summed E-state index contributed by atoms with van der Waals surface area (Å²) in [5, 5.41) is 7.02. The van der Waals surface area contributed by atoms with Crippen molar-refractivity contribution in [1.82, 2.24) is 9.97 Å². The van der Waals surface area contributed by atoms with Gasteiger partial charge in [-0.3, -0.25) is 19.8 Å². The largest absolute Gasteiger partial charge is 0.298 e. The average Bonchev–Trinajstić information content (AvgIpc) is 3.24. The summed E-state index contributed by atoms with van der Waals surface area (Å²) in [5.41, 5.74) is 1.45. The molecule has 2 aromatic heterocycles. The van der Waals surface area contributed by atoms with Gasteiger partial charge in [0, 0.05) is 23.8 Å². The van der Waals surface area contributed by atoms with Crippen molar-refractivity contribution in [3.05, 3.63) is 58.3 Å². The molecule has 0 unspecified atom stereocenters. The molecule has 0 saturated heterocycles. The number of carbonyl (C=O) groups is 2. The van der Waals surface area contributed by atoms with E-state index in [0.29, 0.717) is 16.0 Å². The number of carbonyl (C=O) groups excluding carboxylic acids is 2. The highest BCUT2D eigenvalue weighted by Crippen LogP contribution is 2.31. The summed E-state index contributed by atoms with van der Waals surface area (Å²) < 4.78 is 14.1. The predicted molar refractivity (Wildman–Crippen MR) is 106 cm³/mol. The van der Waals surface area contributed by atoms with Gasteiger partial charge in [0.25, 0.3) is 0 Å². The van der Waals surface area contributed by atoms with Gasteiger partial charge in [0.1, 0.15) is 5.82 Å². The molecule has 0 aliphatic carbocycles. The third-order valence-electron chi connectivity index (χ3n) is 3.36. The van der Waals surface area contributed by atoms with Gasteiger partial charge in [0.2, 0.25) is 11.8 Å². The van der Waals surface area contributed by atoms with Gasteiger partial charge >= 0.3 is 0 Å². The Morgan fingerprint density at radius 3 is 2.63 bits per heavy atom. The molecule has 138 valence electrons. The minimum Gasteiger partial charge on any atom is -0.298 e. The first-order valence-corrected chi connectivity index (χ1v) is 9.62. The van der Waals surface area contributed by atoms with E-state index in [0.717, 1.165) is 5.69 Å². The van der Waals surface area contributed by atoms with E-state index in [1.807, 2.05) is 12.3 Å². The fraction of sp³-hybridized carbons (Fsp3) is 0.111. The number of thiazole rings is 2. The number of amides is 2. The topological polar surface area (TPSA) is 75.2 Å². The minimum absolute atomic E-state index is 0.131. The van der Waals surface area contributed by atoms with E-state index < -0.39 is 5.82 Å². The summed E-state index contributed by atoms with van der Waals surface area (Å²) in [4.78, 5) is 33.6. The molecule has 2 heterocycles. The number of aromatic nitrogens is 2. The van der Waals surface area contributed by atoms with Crippen LogP contribution in [0.5, 0.6) is 0 Å².